The highest BCUT2D eigenvalue weighted by Crippen LogP contribution is 2.32. The van der Waals surface area contributed by atoms with Gasteiger partial charge in [-0.3, -0.25) is 4.79 Å². The lowest BCUT2D eigenvalue weighted by molar-refractivity contribution is 0.146. The van der Waals surface area contributed by atoms with Crippen molar-refractivity contribution in [3.63, 3.8) is 0 Å². The van der Waals surface area contributed by atoms with Crippen LogP contribution in [0.15, 0.2) is 29.2 Å². The number of pyridine rings is 1. The maximum absolute atomic E-state index is 14.7. The van der Waals surface area contributed by atoms with Gasteiger partial charge in [-0.25, -0.2) is 23.3 Å². The second-order valence-electron chi connectivity index (χ2n) is 7.96. The van der Waals surface area contributed by atoms with E-state index < -0.39 is 29.4 Å². The van der Waals surface area contributed by atoms with Crippen molar-refractivity contribution < 1.29 is 13.2 Å². The molecule has 0 radical (unpaired) electrons. The lowest BCUT2D eigenvalue weighted by Crippen LogP contribution is -2.44. The summed E-state index contributed by atoms with van der Waals surface area (Å²) in [6.07, 6.45) is -1.51. The SMILES string of the molecule is C[C@@H](Nc1n[nH]c(=O)c2cnc(N3CCN(C)CC3)cc12)c1cc(N)cc(C(F)F)c1F. The molecular weight excluding hydrogens is 423 g/mol. The van der Waals surface area contributed by atoms with Crippen LogP contribution in [0.25, 0.3) is 10.8 Å². The fraction of sp³-hybridized carbons (Fsp3) is 0.381. The van der Waals surface area contributed by atoms with Crippen LogP contribution in [-0.2, 0) is 0 Å². The average molecular weight is 447 g/mol. The Hall–Kier alpha value is -3.34. The van der Waals surface area contributed by atoms with E-state index in [0.29, 0.717) is 16.6 Å². The Morgan fingerprint density at radius 1 is 1.12 bits per heavy atom. The van der Waals surface area contributed by atoms with E-state index in [1.807, 2.05) is 7.05 Å². The van der Waals surface area contributed by atoms with E-state index >= 15 is 0 Å². The van der Waals surface area contributed by atoms with Gasteiger partial charge in [-0.05, 0) is 32.2 Å². The number of anilines is 3. The summed E-state index contributed by atoms with van der Waals surface area (Å²) in [6.45, 7) is 4.95. The van der Waals surface area contributed by atoms with Crippen LogP contribution in [0.1, 0.15) is 30.5 Å². The zero-order valence-electron chi connectivity index (χ0n) is 17.7. The van der Waals surface area contributed by atoms with Crippen molar-refractivity contribution in [2.45, 2.75) is 19.4 Å². The maximum atomic E-state index is 14.7. The van der Waals surface area contributed by atoms with Crippen molar-refractivity contribution in [1.29, 1.82) is 0 Å². The second-order valence-corrected chi connectivity index (χ2v) is 7.96. The summed E-state index contributed by atoms with van der Waals surface area (Å²) in [5.74, 6) is -0.0446. The molecule has 3 aromatic rings. The van der Waals surface area contributed by atoms with Crippen molar-refractivity contribution in [2.75, 3.05) is 49.2 Å². The van der Waals surface area contributed by atoms with Crippen LogP contribution in [-0.4, -0.2) is 53.3 Å². The first-order valence-electron chi connectivity index (χ1n) is 10.2. The molecule has 4 rings (SSSR count). The van der Waals surface area contributed by atoms with Gasteiger partial charge in [-0.2, -0.15) is 5.10 Å². The lowest BCUT2D eigenvalue weighted by Gasteiger charge is -2.33. The van der Waals surface area contributed by atoms with Crippen LogP contribution in [0, 0.1) is 5.82 Å². The zero-order chi connectivity index (χ0) is 23.0. The first kappa shape index (κ1) is 21.9. The van der Waals surface area contributed by atoms with E-state index in [-0.39, 0.29) is 17.1 Å². The van der Waals surface area contributed by atoms with Gasteiger partial charge in [0.25, 0.3) is 12.0 Å². The molecule has 1 saturated heterocycles. The minimum atomic E-state index is -2.99. The molecule has 2 aromatic heterocycles. The van der Waals surface area contributed by atoms with Gasteiger partial charge in [-0.15, -0.1) is 0 Å². The number of piperazine rings is 1. The molecule has 170 valence electrons. The highest BCUT2D eigenvalue weighted by molar-refractivity contribution is 5.92. The number of aromatic amines is 1. The van der Waals surface area contributed by atoms with Gasteiger partial charge < -0.3 is 20.9 Å². The average Bonchev–Trinajstić information content (AvgIpc) is 2.77. The van der Waals surface area contributed by atoms with Crippen LogP contribution in [0.5, 0.6) is 0 Å². The Morgan fingerprint density at radius 2 is 1.81 bits per heavy atom. The maximum Gasteiger partial charge on any atom is 0.273 e. The van der Waals surface area contributed by atoms with Crippen LogP contribution in [0.4, 0.5) is 30.5 Å². The lowest BCUT2D eigenvalue weighted by atomic mass is 10.0. The Balaban J connectivity index is 1.71. The molecule has 11 heteroatoms. The van der Waals surface area contributed by atoms with Crippen LogP contribution in [0.2, 0.25) is 0 Å². The number of fused-ring (bicyclic) bond motifs is 1. The Bertz CT molecular complexity index is 1190. The van der Waals surface area contributed by atoms with Gasteiger partial charge >= 0.3 is 0 Å². The summed E-state index contributed by atoms with van der Waals surface area (Å²) in [6, 6.07) is 3.25. The van der Waals surface area contributed by atoms with E-state index in [1.54, 1.807) is 13.0 Å². The fourth-order valence-electron chi connectivity index (χ4n) is 3.82. The summed E-state index contributed by atoms with van der Waals surface area (Å²) in [5, 5.41) is 10.3. The molecule has 1 aliphatic heterocycles. The Morgan fingerprint density at radius 3 is 2.50 bits per heavy atom. The monoisotopic (exact) mass is 447 g/mol. The molecule has 1 aromatic carbocycles. The molecule has 1 aliphatic rings. The predicted octanol–water partition coefficient (Wildman–Crippen LogP) is 2.90. The van der Waals surface area contributed by atoms with Gasteiger partial charge in [0, 0.05) is 49.0 Å². The number of hydrogen-bond donors (Lipinski definition) is 3. The summed E-state index contributed by atoms with van der Waals surface area (Å²) in [7, 11) is 2.05. The largest absolute Gasteiger partial charge is 0.399 e. The molecule has 1 atom stereocenters. The molecule has 3 heterocycles. The van der Waals surface area contributed by atoms with Crippen molar-refractivity contribution in [3.05, 3.63) is 51.7 Å². The Labute approximate surface area is 182 Å². The summed E-state index contributed by atoms with van der Waals surface area (Å²) in [5.41, 5.74) is 4.56. The summed E-state index contributed by atoms with van der Waals surface area (Å²) >= 11 is 0. The number of benzene rings is 1. The molecule has 0 amide bonds. The predicted molar refractivity (Wildman–Crippen MR) is 118 cm³/mol. The minimum absolute atomic E-state index is 0.0187. The zero-order valence-corrected chi connectivity index (χ0v) is 17.7. The van der Waals surface area contributed by atoms with Gasteiger partial charge in [0.15, 0.2) is 5.82 Å². The number of nitrogens with one attached hydrogen (secondary N) is 2. The van der Waals surface area contributed by atoms with E-state index in [9.17, 15) is 18.0 Å². The summed E-state index contributed by atoms with van der Waals surface area (Å²) in [4.78, 5) is 21.0. The smallest absolute Gasteiger partial charge is 0.273 e. The van der Waals surface area contributed by atoms with Crippen molar-refractivity contribution in [1.82, 2.24) is 20.1 Å². The third-order valence-corrected chi connectivity index (χ3v) is 5.69. The molecule has 4 N–H and O–H groups in total. The van der Waals surface area contributed by atoms with Crippen LogP contribution in [0.3, 0.4) is 0 Å². The van der Waals surface area contributed by atoms with Crippen LogP contribution >= 0.6 is 0 Å². The Kier molecular flexibility index (Phi) is 5.92. The van der Waals surface area contributed by atoms with E-state index in [0.717, 1.165) is 32.2 Å². The topological polar surface area (TPSA) is 103 Å². The van der Waals surface area contributed by atoms with E-state index in [1.165, 1.54) is 12.3 Å². The molecule has 0 unspecified atom stereocenters. The molecule has 32 heavy (non-hydrogen) atoms. The number of hydrogen-bond acceptors (Lipinski definition) is 7. The van der Waals surface area contributed by atoms with Gasteiger partial charge in [-0.1, -0.05) is 0 Å². The number of halogens is 3. The minimum Gasteiger partial charge on any atom is -0.399 e. The number of nitrogen functional groups attached to an aromatic ring is 1. The number of nitrogens with zero attached hydrogens (tertiary/aromatic N) is 4. The molecule has 0 saturated carbocycles. The van der Waals surface area contributed by atoms with E-state index in [4.69, 9.17) is 5.73 Å². The molecule has 1 fully saturated rings. The van der Waals surface area contributed by atoms with Crippen molar-refractivity contribution in [2.24, 2.45) is 0 Å². The quantitative estimate of drug-likeness (QED) is 0.517. The van der Waals surface area contributed by atoms with Crippen molar-refractivity contribution in [3.8, 4) is 0 Å². The number of aromatic nitrogens is 3. The van der Waals surface area contributed by atoms with Crippen molar-refractivity contribution >= 4 is 28.1 Å². The molecule has 8 nitrogen and oxygen atoms in total. The number of H-pyrrole nitrogens is 1. The van der Waals surface area contributed by atoms with Crippen LogP contribution < -0.4 is 21.5 Å². The van der Waals surface area contributed by atoms with Gasteiger partial charge in [0.1, 0.15) is 11.6 Å². The standard InChI is InChI=1S/C21H24F3N7O/c1-11(13-7-12(25)8-15(18(13)22)19(23)24)27-20-14-9-17(31-5-3-30(2)4-6-31)26-10-16(14)21(32)29-28-20/h7-11,19H,3-6,25H2,1-2H3,(H,27,28)(H,29,32)/t11-/m1/s1. The number of likely N-dealkylation sites (N-methyl/N-ethyl adjacent to an activating group) is 1. The highest BCUT2D eigenvalue weighted by Gasteiger charge is 2.22. The second kappa shape index (κ2) is 8.65. The highest BCUT2D eigenvalue weighted by atomic mass is 19.3. The van der Waals surface area contributed by atoms with E-state index in [2.05, 4.69) is 30.3 Å². The molecule has 0 aliphatic carbocycles. The number of alkyl halides is 2. The van der Waals surface area contributed by atoms with Gasteiger partial charge in [0.05, 0.1) is 17.0 Å². The summed E-state index contributed by atoms with van der Waals surface area (Å²) < 4.78 is 41.1. The first-order chi connectivity index (χ1) is 15.2. The number of rotatable bonds is 5. The molecule has 0 bridgehead atoms. The first-order valence-corrected chi connectivity index (χ1v) is 10.2. The third-order valence-electron chi connectivity index (χ3n) is 5.69. The molecule has 0 spiro atoms. The van der Waals surface area contributed by atoms with Gasteiger partial charge in [0.2, 0.25) is 0 Å². The molecular formula is C21H24F3N7O. The third kappa shape index (κ3) is 4.20. The fourth-order valence-corrected chi connectivity index (χ4v) is 3.82. The normalized spacial score (nSPS) is 16.0. The number of nitrogens with two attached hydrogens (primary N) is 1.